The minimum Gasteiger partial charge on any atom is -0.487 e. The molecule has 0 aliphatic heterocycles. The molecule has 15 heavy (non-hydrogen) atoms. The van der Waals surface area contributed by atoms with Gasteiger partial charge in [-0.25, -0.2) is 0 Å². The van der Waals surface area contributed by atoms with Gasteiger partial charge in [0.15, 0.2) is 5.05 Å². The summed E-state index contributed by atoms with van der Waals surface area (Å²) >= 11 is 4.91. The quantitative estimate of drug-likeness (QED) is 0.471. The van der Waals surface area contributed by atoms with Gasteiger partial charge in [-0.2, -0.15) is 0 Å². The van der Waals surface area contributed by atoms with Crippen molar-refractivity contribution in [2.75, 3.05) is 6.61 Å². The molecule has 3 heteroatoms. The zero-order valence-corrected chi connectivity index (χ0v) is 10.9. The van der Waals surface area contributed by atoms with Crippen molar-refractivity contribution in [3.63, 3.8) is 0 Å². The standard InChI is InChI=1S/C12H22O2S/c1-10(2)7-5-4-6-8-14-12(15)9-11(3)13/h10H,4-9H2,1-3H3. The maximum absolute atomic E-state index is 10.7. The number of carbonyl (C=O) groups is 1. The maximum atomic E-state index is 10.7. The largest absolute Gasteiger partial charge is 0.487 e. The second-order valence-electron chi connectivity index (χ2n) is 4.34. The maximum Gasteiger partial charge on any atom is 0.167 e. The molecule has 0 radical (unpaired) electrons. The zero-order valence-electron chi connectivity index (χ0n) is 10.0. The minimum atomic E-state index is 0.0693. The molecular formula is C12H22O2S. The van der Waals surface area contributed by atoms with Gasteiger partial charge >= 0.3 is 0 Å². The molecule has 0 aromatic rings. The third-order valence-electron chi connectivity index (χ3n) is 2.08. The van der Waals surface area contributed by atoms with E-state index in [-0.39, 0.29) is 12.2 Å². The van der Waals surface area contributed by atoms with Gasteiger partial charge in [0, 0.05) is 0 Å². The Kier molecular flexibility index (Phi) is 8.58. The number of ether oxygens (including phenoxy) is 1. The van der Waals surface area contributed by atoms with Crippen molar-refractivity contribution in [3.05, 3.63) is 0 Å². The first kappa shape index (κ1) is 14.6. The van der Waals surface area contributed by atoms with Gasteiger partial charge in [-0.1, -0.05) is 33.1 Å². The highest BCUT2D eigenvalue weighted by Gasteiger charge is 2.01. The van der Waals surface area contributed by atoms with E-state index in [1.165, 1.54) is 26.2 Å². The first-order valence-corrected chi connectivity index (χ1v) is 6.08. The smallest absolute Gasteiger partial charge is 0.167 e. The van der Waals surface area contributed by atoms with Gasteiger partial charge in [0.2, 0.25) is 0 Å². The van der Waals surface area contributed by atoms with Crippen LogP contribution < -0.4 is 0 Å². The third-order valence-corrected chi connectivity index (χ3v) is 2.34. The van der Waals surface area contributed by atoms with Crippen LogP contribution in [0.4, 0.5) is 0 Å². The minimum absolute atomic E-state index is 0.0693. The molecule has 0 aromatic heterocycles. The van der Waals surface area contributed by atoms with Gasteiger partial charge < -0.3 is 4.74 Å². The van der Waals surface area contributed by atoms with Gasteiger partial charge in [0.1, 0.15) is 5.78 Å². The monoisotopic (exact) mass is 230 g/mol. The van der Waals surface area contributed by atoms with Crippen LogP contribution in [-0.4, -0.2) is 17.4 Å². The molecule has 88 valence electrons. The lowest BCUT2D eigenvalue weighted by Gasteiger charge is -2.06. The van der Waals surface area contributed by atoms with E-state index >= 15 is 0 Å². The van der Waals surface area contributed by atoms with Crippen molar-refractivity contribution in [3.8, 4) is 0 Å². The Labute approximate surface area is 98.4 Å². The third kappa shape index (κ3) is 11.5. The Morgan fingerprint density at radius 1 is 1.27 bits per heavy atom. The number of carbonyl (C=O) groups excluding carboxylic acids is 1. The molecular weight excluding hydrogens is 208 g/mol. The number of rotatable bonds is 8. The van der Waals surface area contributed by atoms with E-state index in [9.17, 15) is 4.79 Å². The van der Waals surface area contributed by atoms with E-state index in [1.54, 1.807) is 0 Å². The predicted molar refractivity (Wildman–Crippen MR) is 67.2 cm³/mol. The number of hydrogen-bond acceptors (Lipinski definition) is 3. The zero-order chi connectivity index (χ0) is 11.7. The van der Waals surface area contributed by atoms with Crippen LogP contribution in [0.1, 0.15) is 52.9 Å². The molecule has 0 aliphatic rings. The fraction of sp³-hybridized carbons (Fsp3) is 0.833. The van der Waals surface area contributed by atoms with Crippen LogP contribution in [0.3, 0.4) is 0 Å². The lowest BCUT2D eigenvalue weighted by atomic mass is 10.1. The van der Waals surface area contributed by atoms with Crippen molar-refractivity contribution in [2.45, 2.75) is 52.9 Å². The van der Waals surface area contributed by atoms with Crippen LogP contribution in [0.25, 0.3) is 0 Å². The first-order chi connectivity index (χ1) is 7.02. The van der Waals surface area contributed by atoms with Crippen molar-refractivity contribution < 1.29 is 9.53 Å². The second-order valence-corrected chi connectivity index (χ2v) is 4.80. The van der Waals surface area contributed by atoms with Gasteiger partial charge in [-0.3, -0.25) is 4.79 Å². The molecule has 0 spiro atoms. The molecule has 0 rings (SSSR count). The van der Waals surface area contributed by atoms with E-state index in [0.717, 1.165) is 12.3 Å². The highest BCUT2D eigenvalue weighted by molar-refractivity contribution is 7.80. The number of ketones is 1. The summed E-state index contributed by atoms with van der Waals surface area (Å²) in [4.78, 5) is 10.7. The molecule has 0 atom stereocenters. The Hall–Kier alpha value is -0.440. The van der Waals surface area contributed by atoms with Gasteiger partial charge in [0.25, 0.3) is 0 Å². The average Bonchev–Trinajstić information content (AvgIpc) is 2.09. The molecule has 0 fully saturated rings. The molecule has 0 N–H and O–H groups in total. The Morgan fingerprint density at radius 3 is 2.47 bits per heavy atom. The molecule has 0 saturated carbocycles. The Bertz CT molecular complexity index is 200. The molecule has 0 aliphatic carbocycles. The summed E-state index contributed by atoms with van der Waals surface area (Å²) in [5.41, 5.74) is 0. The van der Waals surface area contributed by atoms with Crippen molar-refractivity contribution in [1.82, 2.24) is 0 Å². The lowest BCUT2D eigenvalue weighted by molar-refractivity contribution is -0.116. The topological polar surface area (TPSA) is 26.3 Å². The molecule has 0 saturated heterocycles. The highest BCUT2D eigenvalue weighted by Crippen LogP contribution is 2.08. The normalized spacial score (nSPS) is 10.4. The van der Waals surface area contributed by atoms with Crippen molar-refractivity contribution in [1.29, 1.82) is 0 Å². The number of thiocarbonyl (C=S) groups is 1. The van der Waals surface area contributed by atoms with Gasteiger partial charge in [0.05, 0.1) is 13.0 Å². The molecule has 0 heterocycles. The Morgan fingerprint density at radius 2 is 1.93 bits per heavy atom. The molecule has 0 amide bonds. The van der Waals surface area contributed by atoms with E-state index in [2.05, 4.69) is 13.8 Å². The number of Topliss-reactive ketones (excluding diaryl/α,β-unsaturated/α-hetero) is 1. The van der Waals surface area contributed by atoms with Crippen LogP contribution in [0.15, 0.2) is 0 Å². The summed E-state index contributed by atoms with van der Waals surface area (Å²) in [6, 6.07) is 0. The van der Waals surface area contributed by atoms with E-state index in [1.807, 2.05) is 0 Å². The van der Waals surface area contributed by atoms with Crippen LogP contribution >= 0.6 is 12.2 Å². The predicted octanol–water partition coefficient (Wildman–Crippen LogP) is 3.53. The average molecular weight is 230 g/mol. The number of unbranched alkanes of at least 4 members (excludes halogenated alkanes) is 2. The fourth-order valence-electron chi connectivity index (χ4n) is 1.27. The Balaban J connectivity index is 3.24. The second kappa shape index (κ2) is 8.84. The fourth-order valence-corrected chi connectivity index (χ4v) is 1.56. The van der Waals surface area contributed by atoms with Crippen molar-refractivity contribution >= 4 is 23.1 Å². The first-order valence-electron chi connectivity index (χ1n) is 5.67. The SMILES string of the molecule is CC(=O)CC(=S)OCCCCCC(C)C. The summed E-state index contributed by atoms with van der Waals surface area (Å²) in [7, 11) is 0. The van der Waals surface area contributed by atoms with E-state index in [4.69, 9.17) is 17.0 Å². The molecule has 0 aromatic carbocycles. The summed E-state index contributed by atoms with van der Waals surface area (Å²) in [5, 5.41) is 0.436. The van der Waals surface area contributed by atoms with Gasteiger partial charge in [-0.05, 0) is 31.5 Å². The van der Waals surface area contributed by atoms with Crippen LogP contribution in [-0.2, 0) is 9.53 Å². The van der Waals surface area contributed by atoms with Crippen LogP contribution in [0, 0.1) is 5.92 Å². The molecule has 0 unspecified atom stereocenters. The van der Waals surface area contributed by atoms with Crippen LogP contribution in [0.5, 0.6) is 0 Å². The lowest BCUT2D eigenvalue weighted by Crippen LogP contribution is -2.07. The van der Waals surface area contributed by atoms with Crippen LogP contribution in [0.2, 0.25) is 0 Å². The van der Waals surface area contributed by atoms with E-state index < -0.39 is 0 Å². The van der Waals surface area contributed by atoms with Crippen molar-refractivity contribution in [2.24, 2.45) is 5.92 Å². The summed E-state index contributed by atoms with van der Waals surface area (Å²) in [6.07, 6.45) is 5.02. The summed E-state index contributed by atoms with van der Waals surface area (Å²) in [5.74, 6) is 0.851. The van der Waals surface area contributed by atoms with Gasteiger partial charge in [-0.15, -0.1) is 0 Å². The molecule has 2 nitrogen and oxygen atoms in total. The highest BCUT2D eigenvalue weighted by atomic mass is 32.1. The molecule has 0 bridgehead atoms. The number of hydrogen-bond donors (Lipinski definition) is 0. The van der Waals surface area contributed by atoms with E-state index in [0.29, 0.717) is 11.7 Å². The summed E-state index contributed by atoms with van der Waals surface area (Å²) in [6.45, 7) is 6.65. The summed E-state index contributed by atoms with van der Waals surface area (Å²) < 4.78 is 5.27.